The van der Waals surface area contributed by atoms with Crippen LogP contribution in [0.25, 0.3) is 0 Å². The molecule has 0 radical (unpaired) electrons. The molecule has 0 bridgehead atoms. The molecule has 2 rings (SSSR count). The number of benzene rings is 1. The van der Waals surface area contributed by atoms with Gasteiger partial charge in [0.15, 0.2) is 28.7 Å². The van der Waals surface area contributed by atoms with Gasteiger partial charge in [0, 0.05) is 13.1 Å². The lowest BCUT2D eigenvalue weighted by molar-refractivity contribution is -0.139. The van der Waals surface area contributed by atoms with Crippen molar-refractivity contribution < 1.29 is 23.0 Å². The van der Waals surface area contributed by atoms with E-state index in [0.29, 0.717) is 17.6 Å². The largest absolute Gasteiger partial charge is 0.480 e. The topological polar surface area (TPSA) is 66.2 Å². The first-order valence-electron chi connectivity index (χ1n) is 7.21. The summed E-state index contributed by atoms with van der Waals surface area (Å²) < 4.78 is 38.5. The SMILES string of the molecule is CCOC(=O)CSc1nnc(C(C)Oc2ccc(F)cc2F)n1C. The lowest BCUT2D eigenvalue weighted by Crippen LogP contribution is -2.11. The number of hydrogen-bond acceptors (Lipinski definition) is 6. The van der Waals surface area contributed by atoms with Crippen molar-refractivity contribution in [3.63, 3.8) is 0 Å². The van der Waals surface area contributed by atoms with E-state index in [4.69, 9.17) is 9.47 Å². The zero-order valence-electron chi connectivity index (χ0n) is 13.5. The van der Waals surface area contributed by atoms with Crippen molar-refractivity contribution in [2.24, 2.45) is 7.05 Å². The number of ether oxygens (including phenoxy) is 2. The van der Waals surface area contributed by atoms with E-state index in [9.17, 15) is 13.6 Å². The molecular weight excluding hydrogens is 340 g/mol. The van der Waals surface area contributed by atoms with Gasteiger partial charge in [-0.15, -0.1) is 10.2 Å². The highest BCUT2D eigenvalue weighted by Gasteiger charge is 2.19. The van der Waals surface area contributed by atoms with Crippen molar-refractivity contribution in [3.05, 3.63) is 35.7 Å². The molecule has 1 unspecified atom stereocenters. The van der Waals surface area contributed by atoms with E-state index >= 15 is 0 Å². The molecule has 0 aliphatic carbocycles. The Hall–Kier alpha value is -2.16. The highest BCUT2D eigenvalue weighted by molar-refractivity contribution is 7.99. The molecule has 1 atom stereocenters. The predicted molar refractivity (Wildman–Crippen MR) is 83.8 cm³/mol. The van der Waals surface area contributed by atoms with Crippen LogP contribution in [-0.2, 0) is 16.6 Å². The number of halogens is 2. The third-order valence-corrected chi connectivity index (χ3v) is 4.05. The van der Waals surface area contributed by atoms with Crippen LogP contribution in [0.2, 0.25) is 0 Å². The maximum Gasteiger partial charge on any atom is 0.316 e. The summed E-state index contributed by atoms with van der Waals surface area (Å²) in [5.74, 6) is -1.33. The molecule has 0 amide bonds. The van der Waals surface area contributed by atoms with Crippen LogP contribution in [0, 0.1) is 11.6 Å². The van der Waals surface area contributed by atoms with Gasteiger partial charge >= 0.3 is 5.97 Å². The summed E-state index contributed by atoms with van der Waals surface area (Å²) in [6, 6.07) is 3.08. The Morgan fingerprint density at radius 2 is 2.12 bits per heavy atom. The molecule has 0 aliphatic rings. The van der Waals surface area contributed by atoms with Gasteiger partial charge in [-0.05, 0) is 26.0 Å². The third kappa shape index (κ3) is 4.44. The average Bonchev–Trinajstić information content (AvgIpc) is 2.89. The lowest BCUT2D eigenvalue weighted by atomic mass is 10.3. The Morgan fingerprint density at radius 1 is 1.38 bits per heavy atom. The lowest BCUT2D eigenvalue weighted by Gasteiger charge is -2.14. The quantitative estimate of drug-likeness (QED) is 0.561. The highest BCUT2D eigenvalue weighted by Crippen LogP contribution is 2.25. The van der Waals surface area contributed by atoms with E-state index in [1.807, 2.05) is 0 Å². The Labute approximate surface area is 142 Å². The zero-order valence-corrected chi connectivity index (χ0v) is 14.3. The summed E-state index contributed by atoms with van der Waals surface area (Å²) in [6.45, 7) is 3.72. The summed E-state index contributed by atoms with van der Waals surface area (Å²) in [5.41, 5.74) is 0. The summed E-state index contributed by atoms with van der Waals surface area (Å²) in [4.78, 5) is 11.4. The van der Waals surface area contributed by atoms with E-state index in [0.717, 1.165) is 12.1 Å². The van der Waals surface area contributed by atoms with E-state index < -0.39 is 17.7 Å². The van der Waals surface area contributed by atoms with Gasteiger partial charge in [0.2, 0.25) is 0 Å². The van der Waals surface area contributed by atoms with Gasteiger partial charge in [-0.1, -0.05) is 11.8 Å². The predicted octanol–water partition coefficient (Wildman–Crippen LogP) is 2.89. The van der Waals surface area contributed by atoms with Crippen molar-refractivity contribution in [1.82, 2.24) is 14.8 Å². The van der Waals surface area contributed by atoms with Gasteiger partial charge in [0.25, 0.3) is 0 Å². The van der Waals surface area contributed by atoms with Crippen molar-refractivity contribution in [2.75, 3.05) is 12.4 Å². The fourth-order valence-electron chi connectivity index (χ4n) is 1.95. The number of rotatable bonds is 7. The van der Waals surface area contributed by atoms with Crippen LogP contribution in [-0.4, -0.2) is 33.1 Å². The standard InChI is InChI=1S/C15H17F2N3O3S/c1-4-22-13(21)8-24-15-19-18-14(20(15)3)9(2)23-12-6-5-10(16)7-11(12)17/h5-7,9H,4,8H2,1-3H3. The molecule has 0 spiro atoms. The van der Waals surface area contributed by atoms with Crippen LogP contribution in [0.3, 0.4) is 0 Å². The van der Waals surface area contributed by atoms with Gasteiger partial charge < -0.3 is 14.0 Å². The average molecular weight is 357 g/mol. The molecular formula is C15H17F2N3O3S. The molecule has 24 heavy (non-hydrogen) atoms. The number of esters is 1. The summed E-state index contributed by atoms with van der Waals surface area (Å²) in [5, 5.41) is 8.49. The molecule has 0 saturated heterocycles. The molecule has 0 saturated carbocycles. The number of carbonyl (C=O) groups is 1. The fourth-order valence-corrected chi connectivity index (χ4v) is 2.66. The van der Waals surface area contributed by atoms with Crippen LogP contribution in [0.1, 0.15) is 25.8 Å². The molecule has 2 aromatic rings. The number of hydrogen-bond donors (Lipinski definition) is 0. The molecule has 0 N–H and O–H groups in total. The molecule has 6 nitrogen and oxygen atoms in total. The van der Waals surface area contributed by atoms with E-state index in [1.54, 1.807) is 25.5 Å². The molecule has 1 aromatic carbocycles. The maximum absolute atomic E-state index is 13.7. The number of nitrogens with zero attached hydrogens (tertiary/aromatic N) is 3. The van der Waals surface area contributed by atoms with Gasteiger partial charge in [-0.25, -0.2) is 8.78 Å². The Kier molecular flexibility index (Phi) is 6.13. The van der Waals surface area contributed by atoms with Gasteiger partial charge in [-0.2, -0.15) is 0 Å². The molecule has 1 aromatic heterocycles. The molecule has 0 fully saturated rings. The maximum atomic E-state index is 13.7. The summed E-state index contributed by atoms with van der Waals surface area (Å²) in [7, 11) is 1.71. The van der Waals surface area contributed by atoms with Crippen LogP contribution in [0.5, 0.6) is 5.75 Å². The first kappa shape index (κ1) is 18.2. The van der Waals surface area contributed by atoms with Crippen LogP contribution >= 0.6 is 11.8 Å². The minimum absolute atomic E-state index is 0.0763. The second kappa shape index (κ2) is 8.09. The number of thioether (sulfide) groups is 1. The van der Waals surface area contributed by atoms with Gasteiger partial charge in [-0.3, -0.25) is 4.79 Å². The minimum atomic E-state index is -0.791. The fraction of sp³-hybridized carbons (Fsp3) is 0.400. The zero-order chi connectivity index (χ0) is 17.7. The van der Waals surface area contributed by atoms with E-state index in [2.05, 4.69) is 10.2 Å². The van der Waals surface area contributed by atoms with Crippen molar-refractivity contribution in [2.45, 2.75) is 25.1 Å². The second-order valence-corrected chi connectivity index (χ2v) is 5.77. The monoisotopic (exact) mass is 357 g/mol. The Bertz CT molecular complexity index is 724. The van der Waals surface area contributed by atoms with Crippen LogP contribution < -0.4 is 4.74 Å². The number of aromatic nitrogens is 3. The number of carbonyl (C=O) groups excluding carboxylic acids is 1. The summed E-state index contributed by atoms with van der Waals surface area (Å²) >= 11 is 1.18. The molecule has 1 heterocycles. The third-order valence-electron chi connectivity index (χ3n) is 3.05. The minimum Gasteiger partial charge on any atom is -0.480 e. The van der Waals surface area contributed by atoms with Gasteiger partial charge in [0.1, 0.15) is 5.82 Å². The Balaban J connectivity index is 2.05. The summed E-state index contributed by atoms with van der Waals surface area (Å²) in [6.07, 6.45) is -0.612. The van der Waals surface area contributed by atoms with Gasteiger partial charge in [0.05, 0.1) is 12.4 Å². The second-order valence-electron chi connectivity index (χ2n) is 4.83. The molecule has 9 heteroatoms. The highest BCUT2D eigenvalue weighted by atomic mass is 32.2. The van der Waals surface area contributed by atoms with Crippen LogP contribution in [0.15, 0.2) is 23.4 Å². The first-order valence-corrected chi connectivity index (χ1v) is 8.20. The Morgan fingerprint density at radius 3 is 2.79 bits per heavy atom. The van der Waals surface area contributed by atoms with Crippen molar-refractivity contribution in [3.8, 4) is 5.75 Å². The smallest absolute Gasteiger partial charge is 0.316 e. The van der Waals surface area contributed by atoms with E-state index in [1.165, 1.54) is 17.8 Å². The first-order chi connectivity index (χ1) is 11.4. The van der Waals surface area contributed by atoms with Crippen LogP contribution in [0.4, 0.5) is 8.78 Å². The van der Waals surface area contributed by atoms with Crippen molar-refractivity contribution in [1.29, 1.82) is 0 Å². The molecule has 130 valence electrons. The normalized spacial score (nSPS) is 12.0. The van der Waals surface area contributed by atoms with Crippen molar-refractivity contribution >= 4 is 17.7 Å². The molecule has 0 aliphatic heterocycles. The van der Waals surface area contributed by atoms with E-state index in [-0.39, 0.29) is 17.5 Å².